The molecule has 4 aromatic rings. The van der Waals surface area contributed by atoms with Gasteiger partial charge in [0.05, 0.1) is 21.7 Å². The summed E-state index contributed by atoms with van der Waals surface area (Å²) in [6.07, 6.45) is 0. The van der Waals surface area contributed by atoms with Gasteiger partial charge in [-0.2, -0.15) is 0 Å². The number of primary sulfonamides is 1. The SMILES string of the molecule is Cc1ccc(-c2cc(C(=O)Nc3cc(S(N)(=O)=O)ccc3C)c3ccccc3n2)c(C)c1. The Bertz CT molecular complexity index is 1480. The molecule has 162 valence electrons. The molecule has 7 heteroatoms. The van der Waals surface area contributed by atoms with Crippen molar-refractivity contribution in [2.24, 2.45) is 5.14 Å². The Labute approximate surface area is 187 Å². The van der Waals surface area contributed by atoms with Crippen molar-refractivity contribution in [3.8, 4) is 11.3 Å². The van der Waals surface area contributed by atoms with Gasteiger partial charge in [-0.25, -0.2) is 18.5 Å². The fourth-order valence-electron chi connectivity index (χ4n) is 3.70. The summed E-state index contributed by atoms with van der Waals surface area (Å²) in [6.45, 7) is 5.83. The van der Waals surface area contributed by atoms with E-state index >= 15 is 0 Å². The second-order valence-corrected chi connectivity index (χ2v) is 9.43. The van der Waals surface area contributed by atoms with Gasteiger partial charge in [-0.3, -0.25) is 4.79 Å². The van der Waals surface area contributed by atoms with E-state index in [2.05, 4.69) is 11.4 Å². The van der Waals surface area contributed by atoms with Crippen molar-refractivity contribution in [2.45, 2.75) is 25.7 Å². The number of hydrogen-bond acceptors (Lipinski definition) is 4. The van der Waals surface area contributed by atoms with E-state index in [0.717, 1.165) is 22.3 Å². The first-order valence-electron chi connectivity index (χ1n) is 10.1. The highest BCUT2D eigenvalue weighted by molar-refractivity contribution is 7.89. The molecular weight excluding hydrogens is 422 g/mol. The van der Waals surface area contributed by atoms with Gasteiger partial charge in [-0.05, 0) is 56.2 Å². The molecule has 0 atom stereocenters. The van der Waals surface area contributed by atoms with Crippen molar-refractivity contribution in [2.75, 3.05) is 5.32 Å². The smallest absolute Gasteiger partial charge is 0.256 e. The molecule has 0 unspecified atom stereocenters. The average Bonchev–Trinajstić information content (AvgIpc) is 2.73. The van der Waals surface area contributed by atoms with Crippen LogP contribution < -0.4 is 10.5 Å². The zero-order chi connectivity index (χ0) is 23.0. The molecule has 0 aliphatic rings. The van der Waals surface area contributed by atoms with Crippen LogP contribution in [0.25, 0.3) is 22.2 Å². The summed E-state index contributed by atoms with van der Waals surface area (Å²) >= 11 is 0. The second-order valence-electron chi connectivity index (χ2n) is 7.87. The van der Waals surface area contributed by atoms with Gasteiger partial charge < -0.3 is 5.32 Å². The minimum Gasteiger partial charge on any atom is -0.322 e. The molecule has 4 rings (SSSR count). The summed E-state index contributed by atoms with van der Waals surface area (Å²) in [5.74, 6) is -0.357. The number of anilines is 1. The van der Waals surface area contributed by atoms with Crippen molar-refractivity contribution >= 4 is 32.5 Å². The predicted octanol–water partition coefficient (Wildman–Crippen LogP) is 4.73. The molecule has 1 heterocycles. The largest absolute Gasteiger partial charge is 0.322 e. The molecule has 0 spiro atoms. The Morgan fingerprint density at radius 1 is 0.906 bits per heavy atom. The van der Waals surface area contributed by atoms with E-state index in [1.807, 2.05) is 50.2 Å². The van der Waals surface area contributed by atoms with Gasteiger partial charge in [0.25, 0.3) is 5.91 Å². The molecule has 0 saturated carbocycles. The second kappa shape index (κ2) is 8.18. The van der Waals surface area contributed by atoms with E-state index in [9.17, 15) is 13.2 Å². The third kappa shape index (κ3) is 4.26. The minimum atomic E-state index is -3.89. The van der Waals surface area contributed by atoms with E-state index in [1.54, 1.807) is 19.1 Å². The number of nitrogens with zero attached hydrogens (tertiary/aromatic N) is 1. The highest BCUT2D eigenvalue weighted by Crippen LogP contribution is 2.29. The van der Waals surface area contributed by atoms with Gasteiger partial charge in [0.1, 0.15) is 0 Å². The highest BCUT2D eigenvalue weighted by Gasteiger charge is 2.17. The number of fused-ring (bicyclic) bond motifs is 1. The third-order valence-corrected chi connectivity index (χ3v) is 6.32. The lowest BCUT2D eigenvalue weighted by molar-refractivity contribution is 0.102. The molecule has 0 aliphatic carbocycles. The highest BCUT2D eigenvalue weighted by atomic mass is 32.2. The fourth-order valence-corrected chi connectivity index (χ4v) is 4.24. The number of benzene rings is 3. The van der Waals surface area contributed by atoms with Crippen LogP contribution in [0.3, 0.4) is 0 Å². The van der Waals surface area contributed by atoms with Gasteiger partial charge in [-0.15, -0.1) is 0 Å². The monoisotopic (exact) mass is 445 g/mol. The lowest BCUT2D eigenvalue weighted by atomic mass is 9.99. The summed E-state index contributed by atoms with van der Waals surface area (Å²) in [5, 5.41) is 8.81. The minimum absolute atomic E-state index is 0.0612. The first-order chi connectivity index (χ1) is 15.1. The molecule has 3 aromatic carbocycles. The molecule has 32 heavy (non-hydrogen) atoms. The van der Waals surface area contributed by atoms with Crippen LogP contribution in [0.5, 0.6) is 0 Å². The Hall–Kier alpha value is -3.55. The van der Waals surface area contributed by atoms with Crippen molar-refractivity contribution < 1.29 is 13.2 Å². The molecule has 6 nitrogen and oxygen atoms in total. The maximum atomic E-state index is 13.3. The van der Waals surface area contributed by atoms with Gasteiger partial charge in [0, 0.05) is 16.6 Å². The quantitative estimate of drug-likeness (QED) is 0.474. The van der Waals surface area contributed by atoms with Crippen LogP contribution in [0.4, 0.5) is 5.69 Å². The van der Waals surface area contributed by atoms with Gasteiger partial charge in [-0.1, -0.05) is 48.0 Å². The Kier molecular flexibility index (Phi) is 5.54. The number of aromatic nitrogens is 1. The number of amides is 1. The Balaban J connectivity index is 1.83. The zero-order valence-electron chi connectivity index (χ0n) is 18.0. The van der Waals surface area contributed by atoms with E-state index in [1.165, 1.54) is 12.1 Å². The fraction of sp³-hybridized carbons (Fsp3) is 0.120. The number of nitrogens with one attached hydrogen (secondary N) is 1. The van der Waals surface area contributed by atoms with Crippen LogP contribution in [-0.2, 0) is 10.0 Å². The maximum absolute atomic E-state index is 13.3. The average molecular weight is 446 g/mol. The normalized spacial score (nSPS) is 11.5. The van der Waals surface area contributed by atoms with E-state index in [0.29, 0.717) is 27.8 Å². The Morgan fingerprint density at radius 3 is 2.38 bits per heavy atom. The summed E-state index contributed by atoms with van der Waals surface area (Å²) in [7, 11) is -3.89. The summed E-state index contributed by atoms with van der Waals surface area (Å²) < 4.78 is 23.5. The maximum Gasteiger partial charge on any atom is 0.256 e. The number of sulfonamides is 1. The number of rotatable bonds is 4. The van der Waals surface area contributed by atoms with Crippen LogP contribution in [0.1, 0.15) is 27.0 Å². The van der Waals surface area contributed by atoms with Crippen LogP contribution in [0, 0.1) is 20.8 Å². The first kappa shape index (κ1) is 21.7. The number of hydrogen-bond donors (Lipinski definition) is 2. The van der Waals surface area contributed by atoms with E-state index in [4.69, 9.17) is 10.1 Å². The van der Waals surface area contributed by atoms with Gasteiger partial charge in [0.2, 0.25) is 10.0 Å². The summed E-state index contributed by atoms with van der Waals surface area (Å²) in [6, 6.07) is 19.7. The predicted molar refractivity (Wildman–Crippen MR) is 127 cm³/mol. The first-order valence-corrected chi connectivity index (χ1v) is 11.6. The Morgan fingerprint density at radius 2 is 1.66 bits per heavy atom. The lowest BCUT2D eigenvalue weighted by Crippen LogP contribution is -2.16. The van der Waals surface area contributed by atoms with Gasteiger partial charge in [0.15, 0.2) is 0 Å². The van der Waals surface area contributed by atoms with Crippen LogP contribution >= 0.6 is 0 Å². The summed E-state index contributed by atoms with van der Waals surface area (Å²) in [5.41, 5.74) is 6.11. The van der Waals surface area contributed by atoms with E-state index in [-0.39, 0.29) is 10.8 Å². The number of nitrogens with two attached hydrogens (primary N) is 1. The molecule has 0 bridgehead atoms. The molecule has 1 aromatic heterocycles. The number of carbonyl (C=O) groups excluding carboxylic acids is 1. The van der Waals surface area contributed by atoms with Crippen molar-refractivity contribution in [3.05, 3.63) is 89.0 Å². The number of pyridine rings is 1. The number of carbonyl (C=O) groups is 1. The van der Waals surface area contributed by atoms with Crippen molar-refractivity contribution in [3.63, 3.8) is 0 Å². The standard InChI is InChI=1S/C25H23N3O3S/c1-15-8-11-19(17(3)12-15)24-14-21(20-6-4-5-7-22(20)27-24)25(29)28-23-13-18(32(26,30)31)10-9-16(23)2/h4-14H,1-3H3,(H,28,29)(H2,26,30,31). The zero-order valence-corrected chi connectivity index (χ0v) is 18.8. The van der Waals surface area contributed by atoms with Crippen molar-refractivity contribution in [1.29, 1.82) is 0 Å². The van der Waals surface area contributed by atoms with Crippen LogP contribution in [0.15, 0.2) is 71.6 Å². The molecule has 1 amide bonds. The van der Waals surface area contributed by atoms with E-state index < -0.39 is 10.0 Å². The molecule has 0 saturated heterocycles. The molecular formula is C25H23N3O3S. The van der Waals surface area contributed by atoms with Gasteiger partial charge >= 0.3 is 0 Å². The number of para-hydroxylation sites is 1. The van der Waals surface area contributed by atoms with Crippen molar-refractivity contribution in [1.82, 2.24) is 4.98 Å². The molecule has 0 fully saturated rings. The number of aryl methyl sites for hydroxylation is 3. The van der Waals surface area contributed by atoms with Crippen LogP contribution in [-0.4, -0.2) is 19.3 Å². The topological polar surface area (TPSA) is 102 Å². The molecule has 3 N–H and O–H groups in total. The molecule has 0 aliphatic heterocycles. The lowest BCUT2D eigenvalue weighted by Gasteiger charge is -2.14. The molecule has 0 radical (unpaired) electrons. The summed E-state index contributed by atoms with van der Waals surface area (Å²) in [4.78, 5) is 18.1. The third-order valence-electron chi connectivity index (χ3n) is 5.40. The van der Waals surface area contributed by atoms with Crippen LogP contribution in [0.2, 0.25) is 0 Å².